The Bertz CT molecular complexity index is 3010. The van der Waals surface area contributed by atoms with Crippen LogP contribution in [0.15, 0.2) is 118 Å². The monoisotopic (exact) mass is 902 g/mol. The normalized spacial score (nSPS) is 10.9. The number of ether oxygens (including phenoxy) is 4. The lowest BCUT2D eigenvalue weighted by molar-refractivity contribution is 0.0686. The van der Waals surface area contributed by atoms with E-state index in [2.05, 4.69) is 29.9 Å². The number of carbonyl (C=O) groups is 2. The average molecular weight is 903 g/mol. The number of hydrogen-bond donors (Lipinski definition) is 5. The summed E-state index contributed by atoms with van der Waals surface area (Å²) in [6, 6.07) is 24.7. The molecule has 64 heavy (non-hydrogen) atoms. The van der Waals surface area contributed by atoms with Gasteiger partial charge in [0.25, 0.3) is 0 Å². The quantitative estimate of drug-likeness (QED) is 0.0664. The molecule has 0 amide bonds. The van der Waals surface area contributed by atoms with Crippen LogP contribution in [0.1, 0.15) is 31.8 Å². The molecular formula is C44H42N10O8S2. The number of hydrogen-bond acceptors (Lipinski definition) is 15. The SMILES string of the molecule is COc1ccc(OC)c(Sc2nc3c(N)ncnc3n2CCc2ccc(C(=O)O)cc2)c1.COc1ccc(OC)c(Sc2nc3c([nH]2)c(=N)ncn3CCc2ccc(C(=O)O)cc2)c1. The van der Waals surface area contributed by atoms with E-state index in [0.717, 1.165) is 20.9 Å². The zero-order chi connectivity index (χ0) is 45.3. The van der Waals surface area contributed by atoms with E-state index in [4.69, 9.17) is 40.3 Å². The molecule has 4 heterocycles. The lowest BCUT2D eigenvalue weighted by Crippen LogP contribution is -2.13. The van der Waals surface area contributed by atoms with E-state index in [-0.39, 0.29) is 16.6 Å². The number of carboxylic acid groups (broad SMARTS) is 2. The van der Waals surface area contributed by atoms with Gasteiger partial charge in [-0.05, 0) is 108 Å². The Kier molecular flexibility index (Phi) is 14.0. The van der Waals surface area contributed by atoms with Crippen LogP contribution >= 0.6 is 23.5 Å². The maximum Gasteiger partial charge on any atom is 0.335 e. The third-order valence-electron chi connectivity index (χ3n) is 9.84. The van der Waals surface area contributed by atoms with Gasteiger partial charge >= 0.3 is 11.9 Å². The van der Waals surface area contributed by atoms with Crippen molar-refractivity contribution < 1.29 is 38.7 Å². The van der Waals surface area contributed by atoms with E-state index >= 15 is 0 Å². The second-order valence-corrected chi connectivity index (χ2v) is 15.8. The van der Waals surface area contributed by atoms with Gasteiger partial charge in [0.1, 0.15) is 34.8 Å². The Morgan fingerprint density at radius 1 is 0.703 bits per heavy atom. The summed E-state index contributed by atoms with van der Waals surface area (Å²) in [5, 5.41) is 27.6. The molecule has 8 aromatic rings. The van der Waals surface area contributed by atoms with Crippen molar-refractivity contribution in [2.24, 2.45) is 0 Å². The molecule has 0 aliphatic rings. The number of nitrogens with one attached hydrogen (secondary N) is 2. The van der Waals surface area contributed by atoms with Crippen LogP contribution in [0.4, 0.5) is 5.82 Å². The zero-order valence-electron chi connectivity index (χ0n) is 34.9. The van der Waals surface area contributed by atoms with Crippen LogP contribution in [-0.4, -0.2) is 89.6 Å². The first kappa shape index (κ1) is 44.5. The third-order valence-corrected chi connectivity index (χ3v) is 11.8. The predicted molar refractivity (Wildman–Crippen MR) is 239 cm³/mol. The van der Waals surface area contributed by atoms with E-state index < -0.39 is 11.9 Å². The number of nitrogens with zero attached hydrogens (tertiary/aromatic N) is 7. The fraction of sp³-hybridized carbons (Fsp3) is 0.182. The number of methoxy groups -OCH3 is 4. The van der Waals surface area contributed by atoms with E-state index in [0.29, 0.717) is 87.4 Å². The molecule has 328 valence electrons. The van der Waals surface area contributed by atoms with Crippen LogP contribution in [0, 0.1) is 5.41 Å². The van der Waals surface area contributed by atoms with Crippen LogP contribution in [0.5, 0.6) is 23.0 Å². The molecule has 4 aromatic heterocycles. The molecule has 0 atom stereocenters. The summed E-state index contributed by atoms with van der Waals surface area (Å²) < 4.78 is 25.5. The molecule has 20 heteroatoms. The van der Waals surface area contributed by atoms with Crippen molar-refractivity contribution in [1.82, 2.24) is 39.0 Å². The number of benzene rings is 4. The molecule has 0 spiro atoms. The van der Waals surface area contributed by atoms with Gasteiger partial charge in [0.05, 0.1) is 55.7 Å². The first-order valence-electron chi connectivity index (χ1n) is 19.4. The molecule has 0 aliphatic heterocycles. The molecule has 6 N–H and O–H groups in total. The van der Waals surface area contributed by atoms with E-state index in [1.54, 1.807) is 71.2 Å². The number of nitrogen functional groups attached to an aromatic ring is 1. The van der Waals surface area contributed by atoms with Gasteiger partial charge in [0.2, 0.25) is 0 Å². The summed E-state index contributed by atoms with van der Waals surface area (Å²) in [4.78, 5) is 48.9. The van der Waals surface area contributed by atoms with Crippen LogP contribution in [0.25, 0.3) is 22.3 Å². The third kappa shape index (κ3) is 10.2. The number of imidazole rings is 2. The minimum Gasteiger partial charge on any atom is -0.497 e. The molecule has 18 nitrogen and oxygen atoms in total. The smallest absolute Gasteiger partial charge is 0.335 e. The molecular weight excluding hydrogens is 861 g/mol. The summed E-state index contributed by atoms with van der Waals surface area (Å²) >= 11 is 2.80. The lowest BCUT2D eigenvalue weighted by Gasteiger charge is -2.12. The highest BCUT2D eigenvalue weighted by Crippen LogP contribution is 2.39. The second kappa shape index (κ2) is 20.1. The highest BCUT2D eigenvalue weighted by molar-refractivity contribution is 7.99. The van der Waals surface area contributed by atoms with Crippen molar-refractivity contribution in [2.75, 3.05) is 34.2 Å². The molecule has 0 bridgehead atoms. The number of nitrogens with two attached hydrogens (primary N) is 1. The van der Waals surface area contributed by atoms with Crippen LogP contribution < -0.4 is 30.2 Å². The molecule has 0 aliphatic carbocycles. The summed E-state index contributed by atoms with van der Waals surface area (Å²) in [7, 11) is 6.43. The number of aryl methyl sites for hydroxylation is 4. The Hall–Kier alpha value is -7.58. The van der Waals surface area contributed by atoms with Gasteiger partial charge in [0, 0.05) is 13.1 Å². The van der Waals surface area contributed by atoms with Gasteiger partial charge in [-0.15, -0.1) is 0 Å². The first-order valence-corrected chi connectivity index (χ1v) is 21.0. The number of anilines is 1. The molecule has 4 aromatic carbocycles. The number of H-pyrrole nitrogens is 1. The lowest BCUT2D eigenvalue weighted by atomic mass is 10.1. The predicted octanol–water partition coefficient (Wildman–Crippen LogP) is 6.87. The Morgan fingerprint density at radius 2 is 1.27 bits per heavy atom. The van der Waals surface area contributed by atoms with Crippen molar-refractivity contribution in [3.05, 3.63) is 125 Å². The van der Waals surface area contributed by atoms with Crippen LogP contribution in [0.2, 0.25) is 0 Å². The van der Waals surface area contributed by atoms with Crippen molar-refractivity contribution in [3.63, 3.8) is 0 Å². The topological polar surface area (TPSA) is 251 Å². The van der Waals surface area contributed by atoms with Gasteiger partial charge in [0.15, 0.2) is 38.4 Å². The number of aromatic nitrogens is 8. The first-order chi connectivity index (χ1) is 31.0. The number of aromatic amines is 1. The summed E-state index contributed by atoms with van der Waals surface area (Å²) in [5.41, 5.74) is 11.0. The van der Waals surface area contributed by atoms with Crippen molar-refractivity contribution in [2.45, 2.75) is 46.0 Å². The summed E-state index contributed by atoms with van der Waals surface area (Å²) in [5.74, 6) is 1.20. The largest absolute Gasteiger partial charge is 0.497 e. The number of rotatable bonds is 16. The van der Waals surface area contributed by atoms with Crippen molar-refractivity contribution >= 4 is 63.6 Å². The van der Waals surface area contributed by atoms with Crippen LogP contribution in [-0.2, 0) is 25.9 Å². The number of aromatic carboxylic acids is 2. The highest BCUT2D eigenvalue weighted by Gasteiger charge is 2.19. The van der Waals surface area contributed by atoms with Gasteiger partial charge < -0.3 is 49.0 Å². The molecule has 0 fully saturated rings. The van der Waals surface area contributed by atoms with Gasteiger partial charge in [-0.2, -0.15) is 0 Å². The maximum absolute atomic E-state index is 11.1. The molecule has 0 saturated carbocycles. The molecule has 0 radical (unpaired) electrons. The standard InChI is InChI=1S/2C22H21N5O4S/c1-30-15-7-8-16(31-2)17(11-15)32-22-25-18-19(23)24-12-27(20(18)26-22)10-9-13-3-5-14(6-4-13)21(28)29;1-30-15-7-8-16(31-2)17(11-15)32-22-26-18-19(23)24-12-25-20(18)27(22)10-9-13-3-5-14(6-4-13)21(28)29/h3-8,11-12,23H,9-10H2,1-2H3,(H,25,26)(H,28,29);3-8,11-12H,9-10H2,1-2H3,(H,28,29)(H2,23,24,25). The minimum atomic E-state index is -0.949. The molecule has 0 saturated heterocycles. The minimum absolute atomic E-state index is 0.110. The second-order valence-electron chi connectivity index (χ2n) is 13.7. The Balaban J connectivity index is 0.000000191. The highest BCUT2D eigenvalue weighted by atomic mass is 32.2. The average Bonchev–Trinajstić information content (AvgIpc) is 3.90. The van der Waals surface area contributed by atoms with Crippen LogP contribution in [0.3, 0.4) is 0 Å². The van der Waals surface area contributed by atoms with E-state index in [1.165, 1.54) is 29.9 Å². The zero-order valence-corrected chi connectivity index (χ0v) is 36.6. The summed E-state index contributed by atoms with van der Waals surface area (Å²) in [6.45, 7) is 1.14. The number of fused-ring (bicyclic) bond motifs is 2. The van der Waals surface area contributed by atoms with Gasteiger partial charge in [-0.1, -0.05) is 24.3 Å². The maximum atomic E-state index is 11.1. The fourth-order valence-corrected chi connectivity index (χ4v) is 8.41. The molecule has 8 rings (SSSR count). The summed E-state index contributed by atoms with van der Waals surface area (Å²) in [6.07, 6.45) is 4.32. The number of carboxylic acids is 2. The van der Waals surface area contributed by atoms with Gasteiger partial charge in [-0.25, -0.2) is 34.5 Å². The molecule has 0 unspecified atom stereocenters. The van der Waals surface area contributed by atoms with Crippen molar-refractivity contribution in [1.29, 1.82) is 5.41 Å². The van der Waals surface area contributed by atoms with E-state index in [9.17, 15) is 9.59 Å². The Morgan fingerprint density at radius 3 is 1.81 bits per heavy atom. The van der Waals surface area contributed by atoms with Crippen molar-refractivity contribution in [3.8, 4) is 23.0 Å². The van der Waals surface area contributed by atoms with Gasteiger partial charge in [-0.3, -0.25) is 5.41 Å². The Labute approximate surface area is 374 Å². The fourth-order valence-electron chi connectivity index (χ4n) is 6.44. The van der Waals surface area contributed by atoms with E-state index in [1.807, 2.05) is 57.7 Å².